The van der Waals surface area contributed by atoms with E-state index in [2.05, 4.69) is 17.2 Å². The lowest BCUT2D eigenvalue weighted by atomic mass is 10.1. The molecule has 30 heavy (non-hydrogen) atoms. The Labute approximate surface area is 180 Å². The van der Waals surface area contributed by atoms with Crippen molar-refractivity contribution in [2.24, 2.45) is 0 Å². The molecule has 0 fully saturated rings. The van der Waals surface area contributed by atoms with E-state index in [4.69, 9.17) is 21.1 Å². The van der Waals surface area contributed by atoms with E-state index in [1.807, 2.05) is 35.1 Å². The first-order valence-electron chi connectivity index (χ1n) is 9.66. The predicted octanol–water partition coefficient (Wildman–Crippen LogP) is 4.03. The number of aromatic nitrogens is 2. The SMILES string of the molecule is CN(Cc1cnn(Cc2ccccc2)c1)C(=O)/C=C/c1cc(Cl)c2c(c1)OCCO2. The highest BCUT2D eigenvalue weighted by atomic mass is 35.5. The van der Waals surface area contributed by atoms with E-state index in [-0.39, 0.29) is 5.91 Å². The Kier molecular flexibility index (Phi) is 6.05. The molecule has 4 rings (SSSR count). The number of fused-ring (bicyclic) bond motifs is 1. The van der Waals surface area contributed by atoms with E-state index >= 15 is 0 Å². The number of benzene rings is 2. The van der Waals surface area contributed by atoms with E-state index in [9.17, 15) is 4.79 Å². The van der Waals surface area contributed by atoms with Gasteiger partial charge in [0.2, 0.25) is 5.91 Å². The summed E-state index contributed by atoms with van der Waals surface area (Å²) in [7, 11) is 1.76. The van der Waals surface area contributed by atoms with Gasteiger partial charge in [0.15, 0.2) is 11.5 Å². The molecule has 0 saturated carbocycles. The van der Waals surface area contributed by atoms with Crippen molar-refractivity contribution in [3.63, 3.8) is 0 Å². The minimum absolute atomic E-state index is 0.114. The van der Waals surface area contributed by atoms with Crippen LogP contribution in [0.1, 0.15) is 16.7 Å². The third-order valence-corrected chi connectivity index (χ3v) is 4.99. The molecule has 0 spiro atoms. The van der Waals surface area contributed by atoms with Crippen LogP contribution in [0.3, 0.4) is 0 Å². The van der Waals surface area contributed by atoms with Gasteiger partial charge in [-0.1, -0.05) is 41.9 Å². The Bertz CT molecular complexity index is 1060. The van der Waals surface area contributed by atoms with Gasteiger partial charge in [0.05, 0.1) is 17.8 Å². The van der Waals surface area contributed by atoms with Crippen LogP contribution in [-0.4, -0.2) is 40.8 Å². The van der Waals surface area contributed by atoms with Gasteiger partial charge in [0.1, 0.15) is 13.2 Å². The maximum atomic E-state index is 12.5. The summed E-state index contributed by atoms with van der Waals surface area (Å²) >= 11 is 6.25. The van der Waals surface area contributed by atoms with Crippen LogP contribution in [0.25, 0.3) is 6.08 Å². The highest BCUT2D eigenvalue weighted by molar-refractivity contribution is 6.32. The van der Waals surface area contributed by atoms with Crippen LogP contribution < -0.4 is 9.47 Å². The van der Waals surface area contributed by atoms with Crippen LogP contribution in [0.2, 0.25) is 5.02 Å². The Balaban J connectivity index is 1.37. The predicted molar refractivity (Wildman–Crippen MR) is 116 cm³/mol. The van der Waals surface area contributed by atoms with Gasteiger partial charge in [-0.05, 0) is 29.3 Å². The number of hydrogen-bond donors (Lipinski definition) is 0. The summed E-state index contributed by atoms with van der Waals surface area (Å²) in [5, 5.41) is 4.86. The van der Waals surface area contributed by atoms with E-state index in [1.54, 1.807) is 30.3 Å². The standard InChI is InChI=1S/C23H22ClN3O3/c1-26(14-19-13-25-27(16-19)15-17-5-3-2-4-6-17)22(28)8-7-18-11-20(24)23-21(12-18)29-9-10-30-23/h2-8,11-13,16H,9-10,14-15H2,1H3/b8-7+. The molecule has 0 bridgehead atoms. The highest BCUT2D eigenvalue weighted by Crippen LogP contribution is 2.38. The average molecular weight is 424 g/mol. The summed E-state index contributed by atoms with van der Waals surface area (Å²) in [6, 6.07) is 13.7. The van der Waals surface area contributed by atoms with Crippen molar-refractivity contribution in [1.29, 1.82) is 0 Å². The smallest absolute Gasteiger partial charge is 0.246 e. The summed E-state index contributed by atoms with van der Waals surface area (Å²) in [6.07, 6.45) is 7.00. The van der Waals surface area contributed by atoms with E-state index in [0.717, 1.165) is 11.1 Å². The number of likely N-dealkylation sites (N-methyl/N-ethyl adjacent to an activating group) is 1. The van der Waals surface area contributed by atoms with Gasteiger partial charge < -0.3 is 14.4 Å². The fourth-order valence-corrected chi connectivity index (χ4v) is 3.49. The Morgan fingerprint density at radius 3 is 2.83 bits per heavy atom. The topological polar surface area (TPSA) is 56.6 Å². The van der Waals surface area contributed by atoms with Crippen molar-refractivity contribution >= 4 is 23.6 Å². The second-order valence-corrected chi connectivity index (χ2v) is 7.49. The molecule has 1 aromatic heterocycles. The second-order valence-electron chi connectivity index (χ2n) is 7.09. The Morgan fingerprint density at radius 1 is 1.20 bits per heavy atom. The van der Waals surface area contributed by atoms with Crippen molar-refractivity contribution < 1.29 is 14.3 Å². The molecule has 0 aliphatic carbocycles. The number of carbonyl (C=O) groups excluding carboxylic acids is 1. The molecule has 154 valence electrons. The van der Waals surface area contributed by atoms with Crippen molar-refractivity contribution in [3.8, 4) is 11.5 Å². The van der Waals surface area contributed by atoms with Crippen molar-refractivity contribution in [2.45, 2.75) is 13.1 Å². The van der Waals surface area contributed by atoms with Crippen molar-refractivity contribution in [3.05, 3.63) is 82.6 Å². The largest absolute Gasteiger partial charge is 0.486 e. The molecule has 3 aromatic rings. The first-order chi connectivity index (χ1) is 14.6. The van der Waals surface area contributed by atoms with Gasteiger partial charge in [-0.25, -0.2) is 0 Å². The van der Waals surface area contributed by atoms with E-state index in [0.29, 0.717) is 42.8 Å². The van der Waals surface area contributed by atoms with Crippen LogP contribution in [0.5, 0.6) is 11.5 Å². The molecule has 2 aromatic carbocycles. The van der Waals surface area contributed by atoms with Gasteiger partial charge in [0, 0.05) is 31.4 Å². The molecule has 1 amide bonds. The van der Waals surface area contributed by atoms with Gasteiger partial charge in [-0.15, -0.1) is 0 Å². The molecule has 1 aliphatic heterocycles. The number of rotatable bonds is 6. The summed E-state index contributed by atoms with van der Waals surface area (Å²) in [5.74, 6) is 1.04. The molecule has 0 N–H and O–H groups in total. The third kappa shape index (κ3) is 4.83. The van der Waals surface area contributed by atoms with Crippen LogP contribution in [-0.2, 0) is 17.9 Å². The molecule has 0 saturated heterocycles. The van der Waals surface area contributed by atoms with Crippen LogP contribution in [0.15, 0.2) is 60.9 Å². The summed E-state index contributed by atoms with van der Waals surface area (Å²) < 4.78 is 13.0. The highest BCUT2D eigenvalue weighted by Gasteiger charge is 2.16. The first kappa shape index (κ1) is 20.0. The lowest BCUT2D eigenvalue weighted by molar-refractivity contribution is -0.125. The molecule has 1 aliphatic rings. The van der Waals surface area contributed by atoms with Crippen LogP contribution >= 0.6 is 11.6 Å². The van der Waals surface area contributed by atoms with Gasteiger partial charge in [-0.2, -0.15) is 5.10 Å². The van der Waals surface area contributed by atoms with Crippen molar-refractivity contribution in [2.75, 3.05) is 20.3 Å². The zero-order valence-electron chi connectivity index (χ0n) is 16.6. The molecule has 0 radical (unpaired) electrons. The molecule has 0 atom stereocenters. The minimum Gasteiger partial charge on any atom is -0.486 e. The maximum Gasteiger partial charge on any atom is 0.246 e. The quantitative estimate of drug-likeness (QED) is 0.562. The zero-order chi connectivity index (χ0) is 20.9. The fraction of sp³-hybridized carbons (Fsp3) is 0.217. The zero-order valence-corrected chi connectivity index (χ0v) is 17.4. The molecule has 0 unspecified atom stereocenters. The maximum absolute atomic E-state index is 12.5. The molecule has 2 heterocycles. The van der Waals surface area contributed by atoms with Gasteiger partial charge in [0.25, 0.3) is 0 Å². The van der Waals surface area contributed by atoms with Gasteiger partial charge >= 0.3 is 0 Å². The third-order valence-electron chi connectivity index (χ3n) is 4.71. The number of halogens is 1. The summed E-state index contributed by atoms with van der Waals surface area (Å²) in [4.78, 5) is 14.2. The fourth-order valence-electron chi connectivity index (χ4n) is 3.22. The second kappa shape index (κ2) is 9.05. The number of ether oxygens (including phenoxy) is 2. The molecule has 7 heteroatoms. The minimum atomic E-state index is -0.114. The van der Waals surface area contributed by atoms with E-state index < -0.39 is 0 Å². The average Bonchev–Trinajstić information content (AvgIpc) is 3.19. The molecule has 6 nitrogen and oxygen atoms in total. The van der Waals surface area contributed by atoms with Crippen molar-refractivity contribution in [1.82, 2.24) is 14.7 Å². The summed E-state index contributed by atoms with van der Waals surface area (Å²) in [6.45, 7) is 2.13. The number of amides is 1. The normalized spacial score (nSPS) is 12.9. The van der Waals surface area contributed by atoms with E-state index in [1.165, 1.54) is 11.6 Å². The lowest BCUT2D eigenvalue weighted by Gasteiger charge is -2.19. The summed E-state index contributed by atoms with van der Waals surface area (Å²) in [5.41, 5.74) is 2.93. The molecular weight excluding hydrogens is 402 g/mol. The monoisotopic (exact) mass is 423 g/mol. The van der Waals surface area contributed by atoms with Gasteiger partial charge in [-0.3, -0.25) is 9.48 Å². The first-order valence-corrected chi connectivity index (χ1v) is 10.0. The Hall–Kier alpha value is -3.25. The number of nitrogens with zero attached hydrogens (tertiary/aromatic N) is 3. The van der Waals surface area contributed by atoms with Crippen LogP contribution in [0, 0.1) is 0 Å². The number of hydrogen-bond acceptors (Lipinski definition) is 4. The lowest BCUT2D eigenvalue weighted by Crippen LogP contribution is -2.23. The number of carbonyl (C=O) groups is 1. The van der Waals surface area contributed by atoms with Crippen LogP contribution in [0.4, 0.5) is 0 Å². The molecular formula is C23H22ClN3O3. The Morgan fingerprint density at radius 2 is 2.00 bits per heavy atom.